The number of anilines is 1. The number of nitrogens with zero attached hydrogens (tertiary/aromatic N) is 2. The summed E-state index contributed by atoms with van der Waals surface area (Å²) in [5.74, 6) is -0.0866. The molecule has 12 heteroatoms. The molecule has 0 aliphatic carbocycles. The van der Waals surface area contributed by atoms with E-state index in [0.717, 1.165) is 48.4 Å². The second-order valence-corrected chi connectivity index (χ2v) is 13.7. The molecule has 1 N–H and O–H groups in total. The van der Waals surface area contributed by atoms with Gasteiger partial charge >= 0.3 is 0 Å². The van der Waals surface area contributed by atoms with Crippen LogP contribution in [-0.2, 0) is 21.2 Å². The third kappa shape index (κ3) is 7.12. The standard InChI is InChI=1S/C25H25Cl4N3O3S2/c1-31(23(33)12-16-7-8-19(26)20(27)11-16)22(15-32-9-2-3-10-32)17-5-4-6-18(13-17)30-37(34,35)24-14-21(28)25(29)36-24/h4-8,11,13-14,22,30H,2-3,9-10,12,15H2,1H3/t22-/m1/s1. The van der Waals surface area contributed by atoms with E-state index in [1.807, 2.05) is 6.07 Å². The van der Waals surface area contributed by atoms with E-state index in [1.54, 1.807) is 48.3 Å². The Morgan fingerprint density at radius 1 is 1.03 bits per heavy atom. The number of sulfonamides is 1. The van der Waals surface area contributed by atoms with E-state index in [4.69, 9.17) is 46.4 Å². The number of hydrogen-bond donors (Lipinski definition) is 1. The molecule has 0 spiro atoms. The Bertz CT molecular complexity index is 1370. The van der Waals surface area contributed by atoms with Gasteiger partial charge in [-0.3, -0.25) is 9.52 Å². The van der Waals surface area contributed by atoms with Crippen LogP contribution < -0.4 is 4.72 Å². The van der Waals surface area contributed by atoms with Gasteiger partial charge in [0, 0.05) is 19.3 Å². The Morgan fingerprint density at radius 3 is 2.41 bits per heavy atom. The Balaban J connectivity index is 1.58. The van der Waals surface area contributed by atoms with Gasteiger partial charge in [0.2, 0.25) is 5.91 Å². The molecule has 0 bridgehead atoms. The maximum Gasteiger partial charge on any atom is 0.271 e. The minimum Gasteiger partial charge on any atom is -0.337 e. The molecule has 1 atom stereocenters. The van der Waals surface area contributed by atoms with Gasteiger partial charge in [-0.2, -0.15) is 0 Å². The van der Waals surface area contributed by atoms with Crippen LogP contribution in [0, 0.1) is 0 Å². The average molecular weight is 621 g/mol. The summed E-state index contributed by atoms with van der Waals surface area (Å²) in [4.78, 5) is 17.4. The third-order valence-electron chi connectivity index (χ3n) is 6.24. The molecule has 1 aliphatic rings. The number of thiophene rings is 1. The van der Waals surface area contributed by atoms with Crippen LogP contribution in [0.1, 0.15) is 30.0 Å². The first kappa shape index (κ1) is 28.5. The zero-order valence-electron chi connectivity index (χ0n) is 19.9. The summed E-state index contributed by atoms with van der Waals surface area (Å²) in [6.07, 6.45) is 2.38. The Morgan fingerprint density at radius 2 is 1.76 bits per heavy atom. The van der Waals surface area contributed by atoms with Crippen molar-refractivity contribution in [3.05, 3.63) is 79.1 Å². The number of carbonyl (C=O) groups excluding carboxylic acids is 1. The highest BCUT2D eigenvalue weighted by molar-refractivity contribution is 7.94. The van der Waals surface area contributed by atoms with Gasteiger partial charge in [0.1, 0.15) is 8.55 Å². The number of benzene rings is 2. The van der Waals surface area contributed by atoms with Gasteiger partial charge in [-0.05, 0) is 67.4 Å². The molecule has 0 radical (unpaired) electrons. The van der Waals surface area contributed by atoms with Crippen LogP contribution in [0.5, 0.6) is 0 Å². The van der Waals surface area contributed by atoms with Crippen molar-refractivity contribution in [3.8, 4) is 0 Å². The fourth-order valence-corrected chi connectivity index (χ4v) is 7.51. The number of likely N-dealkylation sites (N-methyl/N-ethyl adjacent to an activating group) is 1. The number of halogens is 4. The van der Waals surface area contributed by atoms with Gasteiger partial charge in [-0.1, -0.05) is 64.6 Å². The second-order valence-electron chi connectivity index (χ2n) is 8.87. The van der Waals surface area contributed by atoms with E-state index in [1.165, 1.54) is 6.07 Å². The van der Waals surface area contributed by atoms with E-state index in [-0.39, 0.29) is 31.9 Å². The van der Waals surface area contributed by atoms with Crippen LogP contribution in [0.4, 0.5) is 5.69 Å². The number of hydrogen-bond acceptors (Lipinski definition) is 5. The predicted molar refractivity (Wildman–Crippen MR) is 153 cm³/mol. The molecule has 0 saturated carbocycles. The molecule has 1 fully saturated rings. The fourth-order valence-electron chi connectivity index (χ4n) is 4.26. The molecular weight excluding hydrogens is 596 g/mol. The van der Waals surface area contributed by atoms with Gasteiger partial charge < -0.3 is 9.80 Å². The van der Waals surface area contributed by atoms with Gasteiger partial charge in [0.05, 0.1) is 27.5 Å². The molecule has 2 heterocycles. The molecule has 3 aromatic rings. The Hall–Kier alpha value is -1.52. The number of amides is 1. The molecule has 0 unspecified atom stereocenters. The Kier molecular flexibility index (Phi) is 9.33. The highest BCUT2D eigenvalue weighted by Gasteiger charge is 2.27. The number of likely N-dealkylation sites (tertiary alicyclic amines) is 1. The van der Waals surface area contributed by atoms with E-state index in [0.29, 0.717) is 22.3 Å². The lowest BCUT2D eigenvalue weighted by Gasteiger charge is -2.32. The second kappa shape index (κ2) is 12.1. The SMILES string of the molecule is CN(C(=O)Cc1ccc(Cl)c(Cl)c1)[C@H](CN1CCCC1)c1cccc(NS(=O)(=O)c2cc(Cl)c(Cl)s2)c1. The summed E-state index contributed by atoms with van der Waals surface area (Å²) in [5.41, 5.74) is 1.97. The predicted octanol–water partition coefficient (Wildman–Crippen LogP) is 7.00. The van der Waals surface area contributed by atoms with E-state index >= 15 is 0 Å². The Labute approximate surface area is 241 Å². The first-order valence-corrected chi connectivity index (χ1v) is 15.3. The van der Waals surface area contributed by atoms with Crippen molar-refractivity contribution in [1.82, 2.24) is 9.80 Å². The molecule has 198 valence electrons. The highest BCUT2D eigenvalue weighted by atomic mass is 35.5. The number of nitrogens with one attached hydrogen (secondary N) is 1. The smallest absolute Gasteiger partial charge is 0.271 e. The maximum atomic E-state index is 13.3. The van der Waals surface area contributed by atoms with Crippen molar-refractivity contribution >= 4 is 79.4 Å². The topological polar surface area (TPSA) is 69.7 Å². The van der Waals surface area contributed by atoms with Gasteiger partial charge in [-0.25, -0.2) is 8.42 Å². The van der Waals surface area contributed by atoms with Crippen molar-refractivity contribution in [2.75, 3.05) is 31.4 Å². The summed E-state index contributed by atoms with van der Waals surface area (Å²) in [5, 5.41) is 1.02. The van der Waals surface area contributed by atoms with Crippen LogP contribution in [0.3, 0.4) is 0 Å². The van der Waals surface area contributed by atoms with Gasteiger partial charge in [0.15, 0.2) is 0 Å². The van der Waals surface area contributed by atoms with E-state index in [9.17, 15) is 13.2 Å². The molecule has 6 nitrogen and oxygen atoms in total. The van der Waals surface area contributed by atoms with Crippen LogP contribution in [-0.4, -0.2) is 50.8 Å². The van der Waals surface area contributed by atoms with Crippen molar-refractivity contribution < 1.29 is 13.2 Å². The third-order valence-corrected chi connectivity index (χ3v) is 10.7. The largest absolute Gasteiger partial charge is 0.337 e. The average Bonchev–Trinajstić information content (AvgIpc) is 3.49. The van der Waals surface area contributed by atoms with Gasteiger partial charge in [-0.15, -0.1) is 11.3 Å². The highest BCUT2D eigenvalue weighted by Crippen LogP contribution is 2.35. The molecule has 1 saturated heterocycles. The lowest BCUT2D eigenvalue weighted by molar-refractivity contribution is -0.131. The monoisotopic (exact) mass is 619 g/mol. The van der Waals surface area contributed by atoms with Crippen molar-refractivity contribution in [3.63, 3.8) is 0 Å². The molecule has 1 aliphatic heterocycles. The first-order valence-electron chi connectivity index (χ1n) is 11.5. The van der Waals surface area contributed by atoms with Crippen molar-refractivity contribution in [2.24, 2.45) is 0 Å². The summed E-state index contributed by atoms with van der Waals surface area (Å²) >= 11 is 25.0. The lowest BCUT2D eigenvalue weighted by atomic mass is 10.0. The molecule has 1 aromatic heterocycles. The summed E-state index contributed by atoms with van der Waals surface area (Å²) in [7, 11) is -2.11. The minimum absolute atomic E-state index is 0.0236. The molecule has 1 amide bonds. The maximum absolute atomic E-state index is 13.3. The van der Waals surface area contributed by atoms with E-state index < -0.39 is 10.0 Å². The quantitative estimate of drug-likeness (QED) is 0.280. The van der Waals surface area contributed by atoms with Crippen LogP contribution in [0.25, 0.3) is 0 Å². The number of carbonyl (C=O) groups is 1. The summed E-state index contributed by atoms with van der Waals surface area (Å²) < 4.78 is 28.7. The summed E-state index contributed by atoms with van der Waals surface area (Å²) in [6.45, 7) is 2.55. The van der Waals surface area contributed by atoms with Crippen LogP contribution in [0.2, 0.25) is 19.4 Å². The zero-order chi connectivity index (χ0) is 26.7. The molecular formula is C25H25Cl4N3O3S2. The number of rotatable bonds is 9. The fraction of sp³-hybridized carbons (Fsp3) is 0.320. The normalized spacial score (nSPS) is 15.1. The summed E-state index contributed by atoms with van der Waals surface area (Å²) in [6, 6.07) is 13.3. The molecule has 37 heavy (non-hydrogen) atoms. The van der Waals surface area contributed by atoms with Crippen LogP contribution >= 0.6 is 57.7 Å². The van der Waals surface area contributed by atoms with Crippen molar-refractivity contribution in [2.45, 2.75) is 29.5 Å². The first-order chi connectivity index (χ1) is 17.5. The van der Waals surface area contributed by atoms with E-state index in [2.05, 4.69) is 9.62 Å². The van der Waals surface area contributed by atoms with Crippen molar-refractivity contribution in [1.29, 1.82) is 0 Å². The lowest BCUT2D eigenvalue weighted by Crippen LogP contribution is -2.39. The molecule has 4 rings (SSSR count). The van der Waals surface area contributed by atoms with Gasteiger partial charge in [0.25, 0.3) is 10.0 Å². The molecule has 2 aromatic carbocycles. The zero-order valence-corrected chi connectivity index (χ0v) is 24.5. The minimum atomic E-state index is -3.88. The van der Waals surface area contributed by atoms with Crippen LogP contribution in [0.15, 0.2) is 52.7 Å².